The molecule has 0 atom stereocenters. The standard InChI is InChI=1S/C19H29NO2S/c1-18(2,10-6-9-16-7-4-3-5-8-16)17(21)20-15-19(22)11-13-23-14-12-19/h3-5,7-8,22H,6,9-15H2,1-2H3,(H,20,21). The van der Waals surface area contributed by atoms with Gasteiger partial charge in [0.1, 0.15) is 0 Å². The van der Waals surface area contributed by atoms with Gasteiger partial charge in [0.15, 0.2) is 0 Å². The van der Waals surface area contributed by atoms with Crippen LogP contribution in [0.2, 0.25) is 0 Å². The van der Waals surface area contributed by atoms with E-state index in [0.29, 0.717) is 6.54 Å². The van der Waals surface area contributed by atoms with Crippen LogP contribution in [0, 0.1) is 5.41 Å². The van der Waals surface area contributed by atoms with Gasteiger partial charge in [-0.25, -0.2) is 0 Å². The summed E-state index contributed by atoms with van der Waals surface area (Å²) in [5, 5.41) is 13.5. The highest BCUT2D eigenvalue weighted by atomic mass is 32.2. The van der Waals surface area contributed by atoms with Gasteiger partial charge in [0.2, 0.25) is 5.91 Å². The summed E-state index contributed by atoms with van der Waals surface area (Å²) >= 11 is 1.87. The Morgan fingerprint density at radius 3 is 2.57 bits per heavy atom. The van der Waals surface area contributed by atoms with Crippen LogP contribution >= 0.6 is 11.8 Å². The number of carbonyl (C=O) groups excluding carboxylic acids is 1. The zero-order valence-corrected chi connectivity index (χ0v) is 15.1. The predicted molar refractivity (Wildman–Crippen MR) is 97.7 cm³/mol. The first kappa shape index (κ1) is 18.3. The van der Waals surface area contributed by atoms with Crippen LogP contribution in [0.25, 0.3) is 0 Å². The summed E-state index contributed by atoms with van der Waals surface area (Å²) in [6, 6.07) is 10.4. The Balaban J connectivity index is 1.75. The molecule has 2 rings (SSSR count). The minimum atomic E-state index is -0.707. The normalized spacial score (nSPS) is 17.7. The van der Waals surface area contributed by atoms with Crippen LogP contribution in [0.4, 0.5) is 0 Å². The highest BCUT2D eigenvalue weighted by Crippen LogP contribution is 2.28. The molecule has 0 aromatic heterocycles. The first-order chi connectivity index (χ1) is 10.9. The van der Waals surface area contributed by atoms with Gasteiger partial charge in [-0.1, -0.05) is 44.2 Å². The van der Waals surface area contributed by atoms with Crippen molar-refractivity contribution in [3.63, 3.8) is 0 Å². The molecule has 0 aliphatic carbocycles. The molecule has 0 radical (unpaired) electrons. The van der Waals surface area contributed by atoms with E-state index >= 15 is 0 Å². The lowest BCUT2D eigenvalue weighted by Crippen LogP contribution is -2.48. The summed E-state index contributed by atoms with van der Waals surface area (Å²) in [7, 11) is 0. The molecule has 4 heteroatoms. The van der Waals surface area contributed by atoms with Crippen LogP contribution in [0.15, 0.2) is 30.3 Å². The first-order valence-corrected chi connectivity index (χ1v) is 9.69. The number of carbonyl (C=O) groups is 1. The van der Waals surface area contributed by atoms with Crippen LogP contribution in [0.5, 0.6) is 0 Å². The third kappa shape index (κ3) is 5.85. The van der Waals surface area contributed by atoms with Crippen LogP contribution in [0.3, 0.4) is 0 Å². The molecular formula is C19H29NO2S. The minimum Gasteiger partial charge on any atom is -0.388 e. The molecule has 0 bridgehead atoms. The first-order valence-electron chi connectivity index (χ1n) is 8.54. The maximum absolute atomic E-state index is 12.5. The maximum atomic E-state index is 12.5. The van der Waals surface area contributed by atoms with Crippen molar-refractivity contribution >= 4 is 17.7 Å². The van der Waals surface area contributed by atoms with Gasteiger partial charge in [-0.05, 0) is 49.2 Å². The Hall–Kier alpha value is -1.00. The molecule has 1 fully saturated rings. The molecule has 0 saturated carbocycles. The van der Waals surface area contributed by atoms with E-state index in [0.717, 1.165) is 43.6 Å². The van der Waals surface area contributed by atoms with E-state index in [1.807, 2.05) is 31.7 Å². The average molecular weight is 336 g/mol. The minimum absolute atomic E-state index is 0.0530. The highest BCUT2D eigenvalue weighted by Gasteiger charge is 2.33. The lowest BCUT2D eigenvalue weighted by molar-refractivity contribution is -0.131. The summed E-state index contributed by atoms with van der Waals surface area (Å²) in [6.07, 6.45) is 4.38. The van der Waals surface area contributed by atoms with Crippen molar-refractivity contribution in [1.82, 2.24) is 5.32 Å². The fourth-order valence-corrected chi connectivity index (χ4v) is 4.16. The Labute approximate surface area is 144 Å². The molecule has 0 unspecified atom stereocenters. The number of benzene rings is 1. The molecule has 1 aliphatic heterocycles. The quantitative estimate of drug-likeness (QED) is 0.803. The van der Waals surface area contributed by atoms with E-state index in [1.54, 1.807) is 0 Å². The maximum Gasteiger partial charge on any atom is 0.225 e. The Bertz CT molecular complexity index is 495. The van der Waals surface area contributed by atoms with E-state index in [9.17, 15) is 9.90 Å². The second-order valence-corrected chi connectivity index (χ2v) is 8.47. The van der Waals surface area contributed by atoms with Crippen molar-refractivity contribution < 1.29 is 9.90 Å². The smallest absolute Gasteiger partial charge is 0.225 e. The molecule has 23 heavy (non-hydrogen) atoms. The van der Waals surface area contributed by atoms with Crippen molar-refractivity contribution in [3.05, 3.63) is 35.9 Å². The van der Waals surface area contributed by atoms with Crippen molar-refractivity contribution in [2.45, 2.75) is 51.6 Å². The average Bonchev–Trinajstić information content (AvgIpc) is 2.54. The number of aryl methyl sites for hydroxylation is 1. The van der Waals surface area contributed by atoms with E-state index in [1.165, 1.54) is 5.56 Å². The van der Waals surface area contributed by atoms with E-state index < -0.39 is 11.0 Å². The largest absolute Gasteiger partial charge is 0.388 e. The summed E-state index contributed by atoms with van der Waals surface area (Å²) in [5.74, 6) is 2.01. The van der Waals surface area contributed by atoms with Crippen molar-refractivity contribution in [3.8, 4) is 0 Å². The molecule has 2 N–H and O–H groups in total. The fraction of sp³-hybridized carbons (Fsp3) is 0.632. The van der Waals surface area contributed by atoms with Gasteiger partial charge in [0, 0.05) is 12.0 Å². The molecule has 1 heterocycles. The second kappa shape index (κ2) is 8.20. The molecule has 128 valence electrons. The van der Waals surface area contributed by atoms with Crippen LogP contribution in [-0.2, 0) is 11.2 Å². The monoisotopic (exact) mass is 335 g/mol. The lowest BCUT2D eigenvalue weighted by atomic mass is 9.85. The summed E-state index contributed by atoms with van der Waals surface area (Å²) < 4.78 is 0. The summed E-state index contributed by atoms with van der Waals surface area (Å²) in [4.78, 5) is 12.5. The van der Waals surface area contributed by atoms with Crippen molar-refractivity contribution in [2.75, 3.05) is 18.1 Å². The van der Waals surface area contributed by atoms with Gasteiger partial charge in [-0.15, -0.1) is 0 Å². The Morgan fingerprint density at radius 1 is 1.26 bits per heavy atom. The van der Waals surface area contributed by atoms with Gasteiger partial charge < -0.3 is 10.4 Å². The van der Waals surface area contributed by atoms with E-state index in [2.05, 4.69) is 29.6 Å². The molecule has 1 aromatic rings. The predicted octanol–water partition coefficient (Wildman–Crippen LogP) is 3.41. The number of rotatable bonds is 7. The van der Waals surface area contributed by atoms with Gasteiger partial charge in [-0.3, -0.25) is 4.79 Å². The lowest BCUT2D eigenvalue weighted by Gasteiger charge is -2.33. The molecule has 1 saturated heterocycles. The fourth-order valence-electron chi connectivity index (χ4n) is 2.90. The molecule has 1 aromatic carbocycles. The summed E-state index contributed by atoms with van der Waals surface area (Å²) in [6.45, 7) is 4.37. The number of thioether (sulfide) groups is 1. The zero-order valence-electron chi connectivity index (χ0n) is 14.3. The SMILES string of the molecule is CC(C)(CCCc1ccccc1)C(=O)NCC1(O)CCSCC1. The van der Waals surface area contributed by atoms with Crippen LogP contribution in [0.1, 0.15) is 45.1 Å². The Kier molecular flexibility index (Phi) is 6.54. The van der Waals surface area contributed by atoms with Gasteiger partial charge in [0.05, 0.1) is 5.60 Å². The number of hydrogen-bond donors (Lipinski definition) is 2. The van der Waals surface area contributed by atoms with E-state index in [-0.39, 0.29) is 5.91 Å². The number of amides is 1. The van der Waals surface area contributed by atoms with Gasteiger partial charge in [0.25, 0.3) is 0 Å². The van der Waals surface area contributed by atoms with E-state index in [4.69, 9.17) is 0 Å². The molecule has 1 aliphatic rings. The molecular weight excluding hydrogens is 306 g/mol. The van der Waals surface area contributed by atoms with Crippen LogP contribution in [-0.4, -0.2) is 34.7 Å². The topological polar surface area (TPSA) is 49.3 Å². The molecule has 3 nitrogen and oxygen atoms in total. The number of hydrogen-bond acceptors (Lipinski definition) is 3. The molecule has 1 amide bonds. The highest BCUT2D eigenvalue weighted by molar-refractivity contribution is 7.99. The molecule has 0 spiro atoms. The van der Waals surface area contributed by atoms with Crippen molar-refractivity contribution in [1.29, 1.82) is 0 Å². The zero-order chi connectivity index (χ0) is 16.8. The third-order valence-corrected chi connectivity index (χ3v) is 5.71. The van der Waals surface area contributed by atoms with Gasteiger partial charge >= 0.3 is 0 Å². The number of nitrogens with one attached hydrogen (secondary N) is 1. The summed E-state index contributed by atoms with van der Waals surface area (Å²) in [5.41, 5.74) is 0.216. The number of aliphatic hydroxyl groups is 1. The Morgan fingerprint density at radius 2 is 1.91 bits per heavy atom. The van der Waals surface area contributed by atoms with Crippen molar-refractivity contribution in [2.24, 2.45) is 5.41 Å². The second-order valence-electron chi connectivity index (χ2n) is 7.24. The van der Waals surface area contributed by atoms with Crippen LogP contribution < -0.4 is 5.32 Å². The van der Waals surface area contributed by atoms with Gasteiger partial charge in [-0.2, -0.15) is 11.8 Å². The third-order valence-electron chi connectivity index (χ3n) is 4.73.